The summed E-state index contributed by atoms with van der Waals surface area (Å²) in [6, 6.07) is 19.9. The molecule has 0 atom stereocenters. The van der Waals surface area contributed by atoms with Crippen LogP contribution < -0.4 is 5.32 Å². The quantitative estimate of drug-likeness (QED) is 0.273. The molecule has 0 fully saturated rings. The number of H-pyrrole nitrogens is 1. The van der Waals surface area contributed by atoms with Gasteiger partial charge in [0.15, 0.2) is 0 Å². The minimum Gasteiger partial charge on any atom is -0.359 e. The van der Waals surface area contributed by atoms with Gasteiger partial charge < -0.3 is 10.3 Å². The van der Waals surface area contributed by atoms with E-state index in [0.29, 0.717) is 5.92 Å². The van der Waals surface area contributed by atoms with Crippen molar-refractivity contribution in [1.29, 1.82) is 0 Å². The molecule has 0 aliphatic carbocycles. The van der Waals surface area contributed by atoms with Gasteiger partial charge in [0.2, 0.25) is 0 Å². The van der Waals surface area contributed by atoms with Crippen molar-refractivity contribution in [2.45, 2.75) is 34.1 Å². The number of imidazole rings is 1. The maximum Gasteiger partial charge on any atom is 0.107 e. The number of allylic oxidation sites excluding steroid dienone is 2. The predicted molar refractivity (Wildman–Crippen MR) is 145 cm³/mol. The lowest BCUT2D eigenvalue weighted by Crippen LogP contribution is -2.14. The second-order valence-corrected chi connectivity index (χ2v) is 9.83. The largest absolute Gasteiger partial charge is 0.359 e. The van der Waals surface area contributed by atoms with Crippen LogP contribution in [0.1, 0.15) is 39.1 Å². The monoisotopic (exact) mass is 451 g/mol. The Morgan fingerprint density at radius 2 is 1.79 bits per heavy atom. The molecule has 3 aromatic carbocycles. The molecule has 2 aromatic heterocycles. The van der Waals surface area contributed by atoms with Gasteiger partial charge in [-0.15, -0.1) is 11.3 Å². The van der Waals surface area contributed by atoms with E-state index in [1.807, 2.05) is 11.3 Å². The van der Waals surface area contributed by atoms with E-state index in [1.54, 1.807) is 0 Å². The van der Waals surface area contributed by atoms with Crippen LogP contribution in [-0.2, 0) is 6.42 Å². The summed E-state index contributed by atoms with van der Waals surface area (Å²) in [5, 5.41) is 6.04. The predicted octanol–water partition coefficient (Wildman–Crippen LogP) is 8.28. The van der Waals surface area contributed by atoms with Gasteiger partial charge in [0.05, 0.1) is 10.2 Å². The van der Waals surface area contributed by atoms with Crippen LogP contribution in [0.4, 0.5) is 0 Å². The molecule has 0 aliphatic rings. The van der Waals surface area contributed by atoms with Gasteiger partial charge in [-0.1, -0.05) is 75.9 Å². The maximum atomic E-state index is 4.84. The van der Waals surface area contributed by atoms with Crippen molar-refractivity contribution in [3.05, 3.63) is 84.3 Å². The molecule has 5 rings (SSSR count). The fraction of sp³-hybridized carbons (Fsp3) is 0.207. The first-order valence-electron chi connectivity index (χ1n) is 11.5. The lowest BCUT2D eigenvalue weighted by Gasteiger charge is -2.16. The molecule has 0 spiro atoms. The Balaban J connectivity index is 1.51. The number of nitrogens with zero attached hydrogens (tertiary/aromatic N) is 1. The average molecular weight is 452 g/mol. The summed E-state index contributed by atoms with van der Waals surface area (Å²) in [6.45, 7) is 12.6. The lowest BCUT2D eigenvalue weighted by atomic mass is 10.0. The van der Waals surface area contributed by atoms with Crippen LogP contribution in [0.15, 0.2) is 72.9 Å². The molecule has 3 nitrogen and oxygen atoms in total. The highest BCUT2D eigenvalue weighted by Gasteiger charge is 2.13. The third-order valence-electron chi connectivity index (χ3n) is 6.29. The number of hydrogen-bond donors (Lipinski definition) is 2. The molecule has 2 heterocycles. The highest BCUT2D eigenvalue weighted by Crippen LogP contribution is 2.39. The van der Waals surface area contributed by atoms with Gasteiger partial charge in [0, 0.05) is 33.3 Å². The van der Waals surface area contributed by atoms with Crippen molar-refractivity contribution in [3.8, 4) is 11.1 Å². The molecular formula is C29H29N3S. The highest BCUT2D eigenvalue weighted by molar-refractivity contribution is 7.26. The van der Waals surface area contributed by atoms with Crippen molar-refractivity contribution >= 4 is 48.2 Å². The maximum absolute atomic E-state index is 4.84. The van der Waals surface area contributed by atoms with Gasteiger partial charge in [-0.05, 0) is 41.7 Å². The van der Waals surface area contributed by atoms with E-state index in [-0.39, 0.29) is 0 Å². The number of aryl methyl sites for hydroxylation is 1. The summed E-state index contributed by atoms with van der Waals surface area (Å²) < 4.78 is 2.56. The van der Waals surface area contributed by atoms with E-state index in [1.165, 1.54) is 36.9 Å². The first-order chi connectivity index (χ1) is 16.0. The smallest absolute Gasteiger partial charge is 0.107 e. The summed E-state index contributed by atoms with van der Waals surface area (Å²) in [4.78, 5) is 8.27. The standard InChI is InChI=1S/C29H29N3S/c1-6-24(30-18(5)17(3)4)20-10-8-19(9-11-20)21-12-13-22-23-14-15-25-28(32-27(7-2)31-25)29(23)33-26(22)16-21/h6,8-17,30H,5,7H2,1-4H3,(H,31,32)/b24-6-. The zero-order valence-corrected chi connectivity index (χ0v) is 20.4. The topological polar surface area (TPSA) is 40.7 Å². The number of aromatic amines is 1. The summed E-state index contributed by atoms with van der Waals surface area (Å²) in [5.74, 6) is 1.44. The molecule has 0 amide bonds. The molecule has 4 heteroatoms. The Kier molecular flexibility index (Phi) is 5.55. The highest BCUT2D eigenvalue weighted by atomic mass is 32.1. The fourth-order valence-electron chi connectivity index (χ4n) is 4.17. The molecule has 0 saturated heterocycles. The van der Waals surface area contributed by atoms with Crippen LogP contribution in [0.5, 0.6) is 0 Å². The van der Waals surface area contributed by atoms with Gasteiger partial charge in [0.1, 0.15) is 11.3 Å². The minimum atomic E-state index is 0.392. The van der Waals surface area contributed by atoms with Gasteiger partial charge >= 0.3 is 0 Å². The zero-order valence-electron chi connectivity index (χ0n) is 19.6. The van der Waals surface area contributed by atoms with Crippen molar-refractivity contribution in [1.82, 2.24) is 15.3 Å². The molecule has 0 radical (unpaired) electrons. The number of fused-ring (bicyclic) bond motifs is 5. The Bertz CT molecular complexity index is 1510. The van der Waals surface area contributed by atoms with E-state index in [2.05, 4.69) is 105 Å². The number of aromatic nitrogens is 2. The van der Waals surface area contributed by atoms with E-state index in [0.717, 1.165) is 34.7 Å². The van der Waals surface area contributed by atoms with Gasteiger partial charge in [-0.25, -0.2) is 4.98 Å². The number of hydrogen-bond acceptors (Lipinski definition) is 3. The van der Waals surface area contributed by atoms with Crippen LogP contribution in [-0.4, -0.2) is 9.97 Å². The number of thiophene rings is 1. The lowest BCUT2D eigenvalue weighted by molar-refractivity contribution is 0.724. The Hall–Kier alpha value is -3.37. The Labute approximate surface area is 198 Å². The van der Waals surface area contributed by atoms with Crippen molar-refractivity contribution in [2.75, 3.05) is 0 Å². The van der Waals surface area contributed by atoms with Gasteiger partial charge in [-0.2, -0.15) is 0 Å². The third-order valence-corrected chi connectivity index (χ3v) is 7.46. The molecule has 2 N–H and O–H groups in total. The molecule has 0 unspecified atom stereocenters. The Morgan fingerprint density at radius 3 is 2.48 bits per heavy atom. The normalized spacial score (nSPS) is 12.3. The second-order valence-electron chi connectivity index (χ2n) is 8.77. The summed E-state index contributed by atoms with van der Waals surface area (Å²) in [5.41, 5.74) is 7.94. The van der Waals surface area contributed by atoms with Crippen LogP contribution >= 0.6 is 11.3 Å². The van der Waals surface area contributed by atoms with E-state index in [9.17, 15) is 0 Å². The fourth-order valence-corrected chi connectivity index (χ4v) is 5.41. The summed E-state index contributed by atoms with van der Waals surface area (Å²) in [6.07, 6.45) is 3.02. The van der Waals surface area contributed by atoms with Gasteiger partial charge in [-0.3, -0.25) is 0 Å². The van der Waals surface area contributed by atoms with Crippen LogP contribution in [0, 0.1) is 5.92 Å². The SMILES string of the molecule is C=C(N/C(=C\C)c1ccc(-c2ccc3c(c2)sc2c3ccc3[nH]c(CC)nc32)cc1)C(C)C. The second kappa shape index (κ2) is 8.53. The average Bonchev–Trinajstić information content (AvgIpc) is 3.43. The molecule has 0 saturated carbocycles. The zero-order chi connectivity index (χ0) is 23.1. The van der Waals surface area contributed by atoms with E-state index < -0.39 is 0 Å². The van der Waals surface area contributed by atoms with Crippen molar-refractivity contribution in [2.24, 2.45) is 5.92 Å². The van der Waals surface area contributed by atoms with Crippen molar-refractivity contribution < 1.29 is 0 Å². The molecular weight excluding hydrogens is 422 g/mol. The first kappa shape index (κ1) is 21.5. The number of nitrogens with one attached hydrogen (secondary N) is 2. The molecule has 5 aromatic rings. The van der Waals surface area contributed by atoms with E-state index >= 15 is 0 Å². The number of rotatable bonds is 6. The number of benzene rings is 3. The first-order valence-corrected chi connectivity index (χ1v) is 12.4. The van der Waals surface area contributed by atoms with E-state index in [4.69, 9.17) is 4.98 Å². The molecule has 0 aliphatic heterocycles. The summed E-state index contributed by atoms with van der Waals surface area (Å²) >= 11 is 1.83. The van der Waals surface area contributed by atoms with Crippen LogP contribution in [0.2, 0.25) is 0 Å². The summed E-state index contributed by atoms with van der Waals surface area (Å²) in [7, 11) is 0. The minimum absolute atomic E-state index is 0.392. The Morgan fingerprint density at radius 1 is 1.06 bits per heavy atom. The van der Waals surface area contributed by atoms with Crippen molar-refractivity contribution in [3.63, 3.8) is 0 Å². The molecule has 166 valence electrons. The molecule has 0 bridgehead atoms. The molecule has 33 heavy (non-hydrogen) atoms. The van der Waals surface area contributed by atoms with Crippen LogP contribution in [0.25, 0.3) is 48.0 Å². The van der Waals surface area contributed by atoms with Gasteiger partial charge in [0.25, 0.3) is 0 Å². The third kappa shape index (κ3) is 3.85. The van der Waals surface area contributed by atoms with Crippen LogP contribution in [0.3, 0.4) is 0 Å².